The lowest BCUT2D eigenvalue weighted by Crippen LogP contribution is -2.43. The molecule has 1 N–H and O–H groups in total. The lowest BCUT2D eigenvalue weighted by atomic mass is 9.85. The van der Waals surface area contributed by atoms with Crippen LogP contribution in [0.5, 0.6) is 0 Å². The molecule has 1 fully saturated rings. The van der Waals surface area contributed by atoms with Crippen LogP contribution < -0.4 is 5.12 Å². The minimum absolute atomic E-state index is 0.0103. The second-order valence-corrected chi connectivity index (χ2v) is 10.3. The zero-order chi connectivity index (χ0) is 30.3. The van der Waals surface area contributed by atoms with E-state index in [-0.39, 0.29) is 25.1 Å². The van der Waals surface area contributed by atoms with Gasteiger partial charge in [0.1, 0.15) is 18.5 Å². The van der Waals surface area contributed by atoms with Crippen LogP contribution in [0.1, 0.15) is 53.3 Å². The third kappa shape index (κ3) is 6.55. The molecule has 43 heavy (non-hydrogen) atoms. The van der Waals surface area contributed by atoms with E-state index < -0.39 is 41.9 Å². The zero-order valence-corrected chi connectivity index (χ0v) is 23.1. The Kier molecular flexibility index (Phi) is 9.08. The number of aliphatic hydroxyl groups is 1. The maximum Gasteiger partial charge on any atom is 0.417 e. The first-order chi connectivity index (χ1) is 20.9. The van der Waals surface area contributed by atoms with Gasteiger partial charge in [0.2, 0.25) is 5.91 Å². The van der Waals surface area contributed by atoms with Gasteiger partial charge in [-0.05, 0) is 65.9 Å². The molecule has 2 amide bonds. The summed E-state index contributed by atoms with van der Waals surface area (Å²) < 4.78 is 35.4. The Morgan fingerprint density at radius 3 is 2.16 bits per heavy atom. The molecule has 218 valence electrons. The van der Waals surface area contributed by atoms with Crippen LogP contribution in [-0.4, -0.2) is 28.6 Å². The number of para-hydroxylation sites is 1. The Balaban J connectivity index is 1.57. The van der Waals surface area contributed by atoms with Gasteiger partial charge < -0.3 is 9.84 Å². The van der Waals surface area contributed by atoms with Crippen LogP contribution in [0.15, 0.2) is 109 Å². The molecule has 1 saturated heterocycles. The van der Waals surface area contributed by atoms with E-state index in [0.717, 1.165) is 4.90 Å². The van der Waals surface area contributed by atoms with Gasteiger partial charge in [-0.3, -0.25) is 4.79 Å². The van der Waals surface area contributed by atoms with Crippen molar-refractivity contribution in [2.75, 3.05) is 11.7 Å². The number of anilines is 1. The van der Waals surface area contributed by atoms with Crippen LogP contribution >= 0.6 is 0 Å². The molecule has 1 heterocycles. The van der Waals surface area contributed by atoms with Crippen molar-refractivity contribution < 1.29 is 28.3 Å². The highest BCUT2D eigenvalue weighted by atomic mass is 19.2. The number of hydrogen-bond donors (Lipinski definition) is 1. The van der Waals surface area contributed by atoms with Crippen LogP contribution in [0.25, 0.3) is 0 Å². The van der Waals surface area contributed by atoms with E-state index in [2.05, 4.69) is 0 Å². The molecule has 0 saturated carbocycles. The maximum atomic E-state index is 16.6. The molecule has 4 aromatic rings. The summed E-state index contributed by atoms with van der Waals surface area (Å²) in [6.07, 6.45) is -1.96. The molecule has 0 aromatic heterocycles. The molecule has 1 aliphatic heterocycles. The Morgan fingerprint density at radius 1 is 0.930 bits per heavy atom. The molecule has 0 aliphatic carbocycles. The summed E-state index contributed by atoms with van der Waals surface area (Å²) in [6, 6.07) is 28.8. The zero-order valence-electron chi connectivity index (χ0n) is 23.1. The number of halogens is 2. The van der Waals surface area contributed by atoms with Crippen molar-refractivity contribution in [1.82, 2.24) is 4.90 Å². The number of carbonyl (C=O) groups excluding carboxylic acids is 2. The number of nitriles is 1. The van der Waals surface area contributed by atoms with Gasteiger partial charge in [-0.15, -0.1) is 0 Å². The molecular weight excluding hydrogens is 552 g/mol. The number of ether oxygens (including phenoxy) is 1. The number of aliphatic hydroxyl groups excluding tert-OH is 1. The van der Waals surface area contributed by atoms with Gasteiger partial charge in [0, 0.05) is 0 Å². The van der Waals surface area contributed by atoms with Crippen molar-refractivity contribution in [1.29, 1.82) is 5.26 Å². The number of benzene rings is 4. The summed E-state index contributed by atoms with van der Waals surface area (Å²) in [5, 5.41) is 20.8. The van der Waals surface area contributed by atoms with E-state index in [9.17, 15) is 24.3 Å². The number of amides is 2. The third-order valence-corrected chi connectivity index (χ3v) is 7.63. The highest BCUT2D eigenvalue weighted by Gasteiger charge is 2.45. The predicted octanol–water partition coefficient (Wildman–Crippen LogP) is 6.98. The summed E-state index contributed by atoms with van der Waals surface area (Å²) in [6.45, 7) is -0.0565. The fourth-order valence-electron chi connectivity index (χ4n) is 5.38. The van der Waals surface area contributed by atoms with Gasteiger partial charge in [-0.1, -0.05) is 77.3 Å². The second-order valence-electron chi connectivity index (χ2n) is 10.3. The molecular formula is C34H29F2N3O4. The average Bonchev–Trinajstić information content (AvgIpc) is 3.44. The summed E-state index contributed by atoms with van der Waals surface area (Å²) in [4.78, 5) is 28.5. The van der Waals surface area contributed by atoms with Crippen LogP contribution in [0.2, 0.25) is 0 Å². The van der Waals surface area contributed by atoms with Crippen molar-refractivity contribution in [2.24, 2.45) is 5.92 Å². The van der Waals surface area contributed by atoms with E-state index in [1.165, 1.54) is 36.4 Å². The van der Waals surface area contributed by atoms with Crippen molar-refractivity contribution >= 4 is 17.7 Å². The minimum atomic E-state index is -1.24. The molecule has 4 unspecified atom stereocenters. The van der Waals surface area contributed by atoms with Gasteiger partial charge in [-0.2, -0.15) is 5.26 Å². The molecule has 5 rings (SSSR count). The van der Waals surface area contributed by atoms with Gasteiger partial charge in [-0.25, -0.2) is 19.2 Å². The Hall–Kier alpha value is -5.07. The van der Waals surface area contributed by atoms with E-state index in [1.807, 2.05) is 12.1 Å². The highest BCUT2D eigenvalue weighted by Crippen LogP contribution is 2.41. The Morgan fingerprint density at radius 2 is 1.53 bits per heavy atom. The monoisotopic (exact) mass is 581 g/mol. The number of rotatable bonds is 10. The van der Waals surface area contributed by atoms with Gasteiger partial charge in [0.05, 0.1) is 35.4 Å². The molecule has 0 radical (unpaired) electrons. The average molecular weight is 582 g/mol. The van der Waals surface area contributed by atoms with Crippen molar-refractivity contribution in [3.8, 4) is 6.07 Å². The molecule has 7 nitrogen and oxygen atoms in total. The Bertz CT molecular complexity index is 1580. The number of imide groups is 1. The standard InChI is InChI=1S/C34H29F2N3O4/c35-27-17-15-25(16-18-27)31(40)20-19-29(33(41)38-30(22-43-34(38)42)24-7-3-1-4-8-24)32(26-13-11-23(21-37)12-14-26)39(36)28-9-5-2-6-10-28/h1-18,29-32,40H,19-20,22H2. The van der Waals surface area contributed by atoms with Crippen LogP contribution in [0.3, 0.4) is 0 Å². The first-order valence-electron chi connectivity index (χ1n) is 13.9. The molecule has 1 aliphatic rings. The summed E-state index contributed by atoms with van der Waals surface area (Å²) in [5.74, 6) is -2.32. The Labute approximate surface area is 248 Å². The van der Waals surface area contributed by atoms with E-state index in [1.54, 1.807) is 66.7 Å². The lowest BCUT2D eigenvalue weighted by molar-refractivity contribution is -0.135. The molecule has 4 aromatic carbocycles. The maximum absolute atomic E-state index is 16.6. The quantitative estimate of drug-likeness (QED) is 0.203. The fourth-order valence-corrected chi connectivity index (χ4v) is 5.38. The van der Waals surface area contributed by atoms with Gasteiger partial charge in [0.25, 0.3) is 0 Å². The second kappa shape index (κ2) is 13.3. The molecule has 0 bridgehead atoms. The van der Waals surface area contributed by atoms with Crippen LogP contribution in [0.4, 0.5) is 19.4 Å². The minimum Gasteiger partial charge on any atom is -0.446 e. The first-order valence-corrected chi connectivity index (χ1v) is 13.9. The van der Waals surface area contributed by atoms with Crippen LogP contribution in [0, 0.1) is 23.1 Å². The van der Waals surface area contributed by atoms with Crippen LogP contribution in [-0.2, 0) is 9.53 Å². The van der Waals surface area contributed by atoms with E-state index >= 15 is 4.48 Å². The number of cyclic esters (lactones) is 1. The highest BCUT2D eigenvalue weighted by molar-refractivity contribution is 5.95. The van der Waals surface area contributed by atoms with E-state index in [4.69, 9.17) is 4.74 Å². The normalized spacial score (nSPS) is 16.6. The topological polar surface area (TPSA) is 93.9 Å². The first kappa shape index (κ1) is 29.4. The van der Waals surface area contributed by atoms with Crippen molar-refractivity contribution in [3.63, 3.8) is 0 Å². The molecule has 0 spiro atoms. The van der Waals surface area contributed by atoms with Crippen molar-refractivity contribution in [3.05, 3.63) is 137 Å². The molecule has 9 heteroatoms. The smallest absolute Gasteiger partial charge is 0.417 e. The summed E-state index contributed by atoms with van der Waals surface area (Å²) >= 11 is 0. The predicted molar refractivity (Wildman–Crippen MR) is 155 cm³/mol. The SMILES string of the molecule is N#Cc1ccc(C(C(CCC(O)c2ccc(F)cc2)C(=O)N2C(=O)OCC2c2ccccc2)N(F)c2ccccc2)cc1. The van der Waals surface area contributed by atoms with Crippen molar-refractivity contribution in [2.45, 2.75) is 31.0 Å². The summed E-state index contributed by atoms with van der Waals surface area (Å²) in [7, 11) is 0. The van der Waals surface area contributed by atoms with Gasteiger partial charge >= 0.3 is 6.09 Å². The van der Waals surface area contributed by atoms with Gasteiger partial charge in [0.15, 0.2) is 0 Å². The van der Waals surface area contributed by atoms with E-state index in [0.29, 0.717) is 27.4 Å². The number of hydrogen-bond acceptors (Lipinski definition) is 6. The molecule has 4 atom stereocenters. The number of nitrogens with zero attached hydrogens (tertiary/aromatic N) is 3. The lowest BCUT2D eigenvalue weighted by Gasteiger charge is -2.35. The third-order valence-electron chi connectivity index (χ3n) is 7.63. The number of carbonyl (C=O) groups is 2. The summed E-state index contributed by atoms with van der Waals surface area (Å²) in [5.41, 5.74) is 2.04. The largest absolute Gasteiger partial charge is 0.446 e. The fraction of sp³-hybridized carbons (Fsp3) is 0.206.